The summed E-state index contributed by atoms with van der Waals surface area (Å²) in [7, 11) is 0. The number of rotatable bonds is 5. The summed E-state index contributed by atoms with van der Waals surface area (Å²) in [5.74, 6) is 0.691. The lowest BCUT2D eigenvalue weighted by Gasteiger charge is -2.31. The maximum atomic E-state index is 16.6. The highest BCUT2D eigenvalue weighted by Crippen LogP contribution is 2.42. The molecule has 5 heterocycles. The van der Waals surface area contributed by atoms with Crippen LogP contribution in [-0.4, -0.2) is 69.5 Å². The van der Waals surface area contributed by atoms with Crippen LogP contribution < -0.4 is 9.64 Å². The molecule has 0 amide bonds. The van der Waals surface area contributed by atoms with E-state index in [1.165, 1.54) is 36.5 Å². The zero-order valence-electron chi connectivity index (χ0n) is 23.1. The summed E-state index contributed by atoms with van der Waals surface area (Å²) in [4.78, 5) is 17.3. The molecule has 7 rings (SSSR count). The van der Waals surface area contributed by atoms with Gasteiger partial charge in [0.2, 0.25) is 0 Å². The van der Waals surface area contributed by atoms with Crippen LogP contribution in [0.15, 0.2) is 42.4 Å². The lowest BCUT2D eigenvalue weighted by atomic mass is 9.95. The van der Waals surface area contributed by atoms with Crippen LogP contribution in [0, 0.1) is 24.0 Å². The number of hydrogen-bond acceptors (Lipinski definition) is 7. The van der Waals surface area contributed by atoms with Crippen LogP contribution >= 0.6 is 0 Å². The fraction of sp³-hybridized carbons (Fsp3) is 0.344. The molecule has 220 valence electrons. The summed E-state index contributed by atoms with van der Waals surface area (Å²) in [5.41, 5.74) is -0.801. The Morgan fingerprint density at radius 3 is 2.81 bits per heavy atom. The van der Waals surface area contributed by atoms with Gasteiger partial charge < -0.3 is 14.7 Å². The molecule has 0 spiro atoms. The Kier molecular flexibility index (Phi) is 6.62. The van der Waals surface area contributed by atoms with Gasteiger partial charge in [0, 0.05) is 49.6 Å². The van der Waals surface area contributed by atoms with E-state index in [0.29, 0.717) is 30.7 Å². The number of halogens is 4. The molecule has 2 aromatic carbocycles. The van der Waals surface area contributed by atoms with E-state index in [9.17, 15) is 18.3 Å². The summed E-state index contributed by atoms with van der Waals surface area (Å²) < 4.78 is 65.6. The van der Waals surface area contributed by atoms with Crippen LogP contribution in [-0.2, 0) is 0 Å². The zero-order valence-corrected chi connectivity index (χ0v) is 23.1. The number of benzene rings is 2. The van der Waals surface area contributed by atoms with E-state index < -0.39 is 23.3 Å². The lowest BCUT2D eigenvalue weighted by Crippen LogP contribution is -2.43. The molecule has 0 bridgehead atoms. The largest absolute Gasteiger partial charge is 0.508 e. The number of aromatic nitrogens is 3. The zero-order chi connectivity index (χ0) is 29.9. The molecule has 0 radical (unpaired) electrons. The second-order valence-corrected chi connectivity index (χ2v) is 11.4. The molecule has 43 heavy (non-hydrogen) atoms. The first-order valence-corrected chi connectivity index (χ1v) is 14.2. The van der Waals surface area contributed by atoms with Crippen molar-refractivity contribution < 1.29 is 27.4 Å². The van der Waals surface area contributed by atoms with Crippen molar-refractivity contribution in [1.29, 1.82) is 0 Å². The van der Waals surface area contributed by atoms with Crippen LogP contribution in [0.2, 0.25) is 0 Å². The van der Waals surface area contributed by atoms with E-state index in [0.717, 1.165) is 19.4 Å². The highest BCUT2D eigenvalue weighted by atomic mass is 19.1. The van der Waals surface area contributed by atoms with E-state index in [4.69, 9.17) is 11.2 Å². The van der Waals surface area contributed by atoms with Gasteiger partial charge in [-0.15, -0.1) is 6.42 Å². The van der Waals surface area contributed by atoms with Gasteiger partial charge in [-0.25, -0.2) is 17.6 Å². The van der Waals surface area contributed by atoms with Crippen LogP contribution in [0.5, 0.6) is 11.8 Å². The van der Waals surface area contributed by atoms with E-state index in [-0.39, 0.29) is 70.3 Å². The van der Waals surface area contributed by atoms with Crippen molar-refractivity contribution in [2.45, 2.75) is 37.4 Å². The van der Waals surface area contributed by atoms with E-state index in [2.05, 4.69) is 25.8 Å². The summed E-state index contributed by atoms with van der Waals surface area (Å²) in [6, 6.07) is 5.21. The van der Waals surface area contributed by atoms with Gasteiger partial charge in [-0.1, -0.05) is 12.0 Å². The Labute approximate surface area is 244 Å². The third kappa shape index (κ3) is 4.61. The van der Waals surface area contributed by atoms with Gasteiger partial charge in [0.05, 0.1) is 22.3 Å². The number of pyridine rings is 1. The Balaban J connectivity index is 1.38. The number of alkyl halides is 1. The number of phenolic OH excluding ortho intramolecular Hbond substituents is 1. The van der Waals surface area contributed by atoms with Crippen molar-refractivity contribution in [3.8, 4) is 35.4 Å². The number of hydrogen-bond donors (Lipinski definition) is 1. The minimum absolute atomic E-state index is 0.0906. The third-order valence-corrected chi connectivity index (χ3v) is 8.78. The van der Waals surface area contributed by atoms with Gasteiger partial charge in [0.25, 0.3) is 0 Å². The molecule has 3 aliphatic rings. The van der Waals surface area contributed by atoms with Gasteiger partial charge in [0.15, 0.2) is 5.82 Å². The van der Waals surface area contributed by atoms with Gasteiger partial charge >= 0.3 is 6.01 Å². The summed E-state index contributed by atoms with van der Waals surface area (Å²) in [5, 5.41) is 11.3. The fourth-order valence-corrected chi connectivity index (χ4v) is 6.75. The van der Waals surface area contributed by atoms with Crippen molar-refractivity contribution in [3.63, 3.8) is 0 Å². The first-order valence-electron chi connectivity index (χ1n) is 14.2. The molecule has 2 aromatic heterocycles. The average molecular weight is 590 g/mol. The summed E-state index contributed by atoms with van der Waals surface area (Å²) in [6.07, 6.45) is 9.69. The summed E-state index contributed by atoms with van der Waals surface area (Å²) >= 11 is 0. The van der Waals surface area contributed by atoms with E-state index in [1.54, 1.807) is 4.90 Å². The minimum atomic E-state index is -0.951. The predicted molar refractivity (Wildman–Crippen MR) is 154 cm³/mol. The molecule has 7 nitrogen and oxygen atoms in total. The highest BCUT2D eigenvalue weighted by Gasteiger charge is 2.49. The first-order chi connectivity index (χ1) is 20.8. The number of ether oxygens (including phenoxy) is 1. The smallest absolute Gasteiger partial charge is 0.319 e. The number of nitrogens with zero attached hydrogens (tertiary/aromatic N) is 5. The van der Waals surface area contributed by atoms with Crippen molar-refractivity contribution in [2.75, 3.05) is 37.7 Å². The van der Waals surface area contributed by atoms with Crippen LogP contribution in [0.25, 0.3) is 32.9 Å². The van der Waals surface area contributed by atoms with Crippen molar-refractivity contribution in [1.82, 2.24) is 19.9 Å². The van der Waals surface area contributed by atoms with Crippen LogP contribution in [0.4, 0.5) is 23.4 Å². The number of fused-ring (bicyclic) bond motifs is 3. The van der Waals surface area contributed by atoms with Crippen molar-refractivity contribution in [2.24, 2.45) is 0 Å². The molecule has 2 fully saturated rings. The molecular formula is C32H27F4N5O2. The SMILES string of the molecule is C#Cc1c(F)ccc2cc(O)cc(-c3ncc4c(N5CC=C(F)CC5)nc(OC[C@@]56CCCN5C[C@H](F)C6)nc4c3F)c12. The second-order valence-electron chi connectivity index (χ2n) is 11.4. The lowest BCUT2D eigenvalue weighted by molar-refractivity contribution is 0.107. The topological polar surface area (TPSA) is 74.6 Å². The highest BCUT2D eigenvalue weighted by molar-refractivity contribution is 6.03. The van der Waals surface area contributed by atoms with Crippen molar-refractivity contribution >= 4 is 27.5 Å². The normalized spacial score (nSPS) is 22.2. The maximum Gasteiger partial charge on any atom is 0.319 e. The average Bonchev–Trinajstić information content (AvgIpc) is 3.52. The summed E-state index contributed by atoms with van der Waals surface area (Å²) in [6.45, 7) is 1.75. The molecule has 0 saturated carbocycles. The maximum absolute atomic E-state index is 16.6. The molecule has 0 aliphatic carbocycles. The second kappa shape index (κ2) is 10.4. The van der Waals surface area contributed by atoms with E-state index >= 15 is 4.39 Å². The van der Waals surface area contributed by atoms with Crippen LogP contribution in [0.1, 0.15) is 31.2 Å². The Hall–Kier alpha value is -4.43. The number of terminal acetylenes is 1. The standard InChI is InChI=1S/C32H27F4N5O2/c1-2-22-25(35)5-4-18-12-21(42)13-23(26(18)22)28-27(36)29-24(15-37-28)30(40-10-6-19(33)7-11-40)39-31(38-29)43-17-32-8-3-9-41(32)16-20(34)14-32/h1,4-6,12-13,15,20,42H,3,7-11,14,16-17H2/t20-,32+/m1/s1. The predicted octanol–water partition coefficient (Wildman–Crippen LogP) is 5.83. The Bertz CT molecular complexity index is 1860. The van der Waals surface area contributed by atoms with Gasteiger partial charge in [-0.05, 0) is 49.0 Å². The first kappa shape index (κ1) is 27.4. The number of aromatic hydroxyl groups is 1. The molecule has 1 N–H and O–H groups in total. The fourth-order valence-electron chi connectivity index (χ4n) is 6.75. The molecular weight excluding hydrogens is 562 g/mol. The Morgan fingerprint density at radius 2 is 2.02 bits per heavy atom. The van der Waals surface area contributed by atoms with Gasteiger partial charge in [0.1, 0.15) is 41.4 Å². The number of phenols is 1. The monoisotopic (exact) mass is 589 g/mol. The minimum Gasteiger partial charge on any atom is -0.508 e. The third-order valence-electron chi connectivity index (χ3n) is 8.78. The molecule has 11 heteroatoms. The quantitative estimate of drug-likeness (QED) is 0.232. The molecule has 2 saturated heterocycles. The number of anilines is 1. The van der Waals surface area contributed by atoms with Crippen LogP contribution in [0.3, 0.4) is 0 Å². The van der Waals surface area contributed by atoms with Gasteiger partial charge in [-0.2, -0.15) is 9.97 Å². The van der Waals surface area contributed by atoms with Gasteiger partial charge in [-0.3, -0.25) is 9.88 Å². The Morgan fingerprint density at radius 1 is 1.16 bits per heavy atom. The molecule has 3 aliphatic heterocycles. The van der Waals surface area contributed by atoms with Crippen molar-refractivity contribution in [3.05, 3.63) is 59.6 Å². The molecule has 0 unspecified atom stereocenters. The molecule has 2 atom stereocenters. The molecule has 4 aromatic rings. The van der Waals surface area contributed by atoms with E-state index in [1.807, 2.05) is 0 Å².